The van der Waals surface area contributed by atoms with E-state index in [1.807, 2.05) is 5.32 Å². The van der Waals surface area contributed by atoms with E-state index >= 15 is 0 Å². The summed E-state index contributed by atoms with van der Waals surface area (Å²) in [6, 6.07) is 3.73. The van der Waals surface area contributed by atoms with E-state index in [-0.39, 0.29) is 19.9 Å². The third-order valence-corrected chi connectivity index (χ3v) is 5.79. The van der Waals surface area contributed by atoms with Crippen LogP contribution in [0, 0.1) is 6.92 Å². The predicted molar refractivity (Wildman–Crippen MR) is 86.1 cm³/mol. The van der Waals surface area contributed by atoms with Gasteiger partial charge in [0.15, 0.2) is 0 Å². The second-order valence-electron chi connectivity index (χ2n) is 5.02. The third-order valence-electron chi connectivity index (χ3n) is 3.06. The second kappa shape index (κ2) is 6.98. The lowest BCUT2D eigenvalue weighted by molar-refractivity contribution is -0.242. The van der Waals surface area contributed by atoms with Gasteiger partial charge in [0.2, 0.25) is 9.94 Å². The van der Waals surface area contributed by atoms with Crippen molar-refractivity contribution in [3.8, 4) is 0 Å². The standard InChI is InChI=1S/C13H11ClF3N3O3S2/c1-6-19-20-11(24-6)25(23)7-3-4-9(8(14)5-7)18-10(21)12(2,22)13(15,16)17/h3-5,22H,1-2H3,(H,18,21). The van der Waals surface area contributed by atoms with Crippen molar-refractivity contribution in [1.82, 2.24) is 10.2 Å². The smallest absolute Gasteiger partial charge is 0.373 e. The molecule has 0 aliphatic rings. The Labute approximate surface area is 151 Å². The van der Waals surface area contributed by atoms with E-state index in [1.54, 1.807) is 6.92 Å². The van der Waals surface area contributed by atoms with Crippen LogP contribution in [0.5, 0.6) is 0 Å². The first-order valence-corrected chi connectivity index (χ1v) is 8.90. The van der Waals surface area contributed by atoms with Gasteiger partial charge < -0.3 is 10.4 Å². The molecule has 0 radical (unpaired) electrons. The Hall–Kier alpha value is -1.56. The fourth-order valence-corrected chi connectivity index (χ4v) is 3.93. The van der Waals surface area contributed by atoms with Crippen molar-refractivity contribution in [3.63, 3.8) is 0 Å². The molecule has 2 aromatic rings. The molecule has 0 bridgehead atoms. The summed E-state index contributed by atoms with van der Waals surface area (Å²) in [7, 11) is -1.67. The number of nitrogens with zero attached hydrogens (tertiary/aromatic N) is 2. The molecule has 0 spiro atoms. The molecule has 2 N–H and O–H groups in total. The number of rotatable bonds is 4. The SMILES string of the molecule is Cc1nnc(S(=O)c2ccc(NC(=O)C(C)(O)C(F)(F)F)c(Cl)c2)s1. The minimum absolute atomic E-state index is 0.140. The van der Waals surface area contributed by atoms with Crippen LogP contribution in [-0.2, 0) is 15.6 Å². The summed E-state index contributed by atoms with van der Waals surface area (Å²) in [4.78, 5) is 11.9. The van der Waals surface area contributed by atoms with Crippen LogP contribution in [0.15, 0.2) is 27.4 Å². The second-order valence-corrected chi connectivity index (χ2v) is 8.26. The van der Waals surface area contributed by atoms with E-state index in [1.165, 1.54) is 18.2 Å². The number of halogens is 4. The van der Waals surface area contributed by atoms with Crippen molar-refractivity contribution in [1.29, 1.82) is 0 Å². The van der Waals surface area contributed by atoms with Gasteiger partial charge in [-0.1, -0.05) is 22.9 Å². The van der Waals surface area contributed by atoms with Crippen LogP contribution in [0.3, 0.4) is 0 Å². The van der Waals surface area contributed by atoms with Crippen LogP contribution >= 0.6 is 22.9 Å². The van der Waals surface area contributed by atoms with Gasteiger partial charge in [-0.25, -0.2) is 4.21 Å². The molecule has 0 aliphatic carbocycles. The van der Waals surface area contributed by atoms with Gasteiger partial charge in [0, 0.05) is 4.90 Å². The zero-order valence-corrected chi connectivity index (χ0v) is 15.1. The number of aryl methyl sites for hydroxylation is 1. The molecule has 1 aromatic heterocycles. The molecule has 12 heteroatoms. The van der Waals surface area contributed by atoms with E-state index in [2.05, 4.69) is 10.2 Å². The lowest BCUT2D eigenvalue weighted by atomic mass is 10.1. The zero-order chi connectivity index (χ0) is 19.0. The largest absolute Gasteiger partial charge is 0.426 e. The number of nitrogens with one attached hydrogen (secondary N) is 1. The minimum Gasteiger partial charge on any atom is -0.373 e. The lowest BCUT2D eigenvalue weighted by Crippen LogP contribution is -2.52. The first kappa shape index (κ1) is 19.8. The molecule has 6 nitrogen and oxygen atoms in total. The number of hydrogen-bond acceptors (Lipinski definition) is 6. The maximum absolute atomic E-state index is 12.7. The minimum atomic E-state index is -5.15. The van der Waals surface area contributed by atoms with Crippen LogP contribution in [0.25, 0.3) is 0 Å². The number of carbonyl (C=O) groups excluding carboxylic acids is 1. The number of hydrogen-bond donors (Lipinski definition) is 2. The highest BCUT2D eigenvalue weighted by Gasteiger charge is 2.55. The van der Waals surface area contributed by atoms with Crippen LogP contribution in [-0.4, -0.2) is 37.2 Å². The summed E-state index contributed by atoms with van der Waals surface area (Å²) >= 11 is 7.05. The van der Waals surface area contributed by atoms with Gasteiger partial charge in [-0.15, -0.1) is 10.2 Å². The van der Waals surface area contributed by atoms with Gasteiger partial charge >= 0.3 is 6.18 Å². The molecule has 1 aromatic carbocycles. The first-order valence-electron chi connectivity index (χ1n) is 6.55. The predicted octanol–water partition coefficient (Wildman–Crippen LogP) is 2.92. The Morgan fingerprint density at radius 1 is 1.36 bits per heavy atom. The normalized spacial score (nSPS) is 15.5. The number of aromatic nitrogens is 2. The Balaban J connectivity index is 2.23. The molecule has 25 heavy (non-hydrogen) atoms. The molecule has 1 amide bonds. The molecule has 2 atom stereocenters. The molecule has 0 fully saturated rings. The zero-order valence-electron chi connectivity index (χ0n) is 12.7. The van der Waals surface area contributed by atoms with E-state index in [0.717, 1.165) is 11.3 Å². The van der Waals surface area contributed by atoms with Crippen LogP contribution in [0.2, 0.25) is 5.02 Å². The number of aliphatic hydroxyl groups is 1. The summed E-state index contributed by atoms with van der Waals surface area (Å²) in [5.74, 6) is -1.68. The Morgan fingerprint density at radius 3 is 2.48 bits per heavy atom. The molecular formula is C13H11ClF3N3O3S2. The molecule has 0 saturated carbocycles. The van der Waals surface area contributed by atoms with Gasteiger partial charge in [-0.05, 0) is 32.0 Å². The van der Waals surface area contributed by atoms with Gasteiger partial charge in [0.25, 0.3) is 5.91 Å². The van der Waals surface area contributed by atoms with E-state index in [4.69, 9.17) is 11.6 Å². The molecule has 2 unspecified atom stereocenters. The topological polar surface area (TPSA) is 92.2 Å². The number of alkyl halides is 3. The average molecular weight is 414 g/mol. The maximum atomic E-state index is 12.7. The fraction of sp³-hybridized carbons (Fsp3) is 0.308. The first-order chi connectivity index (χ1) is 11.4. The maximum Gasteiger partial charge on any atom is 0.426 e. The van der Waals surface area contributed by atoms with Crippen molar-refractivity contribution < 1.29 is 27.3 Å². The fourth-order valence-electron chi connectivity index (χ4n) is 1.54. The van der Waals surface area contributed by atoms with Crippen molar-refractivity contribution in [3.05, 3.63) is 28.2 Å². The average Bonchev–Trinajstić information content (AvgIpc) is 2.93. The highest BCUT2D eigenvalue weighted by atomic mass is 35.5. The molecule has 0 saturated heterocycles. The highest BCUT2D eigenvalue weighted by Crippen LogP contribution is 2.33. The quantitative estimate of drug-likeness (QED) is 0.804. The third kappa shape index (κ3) is 4.17. The van der Waals surface area contributed by atoms with E-state index in [9.17, 15) is 27.3 Å². The molecular weight excluding hydrogens is 403 g/mol. The van der Waals surface area contributed by atoms with Crippen molar-refractivity contribution >= 4 is 45.3 Å². The van der Waals surface area contributed by atoms with E-state index in [0.29, 0.717) is 11.9 Å². The van der Waals surface area contributed by atoms with Crippen LogP contribution in [0.1, 0.15) is 11.9 Å². The monoisotopic (exact) mass is 413 g/mol. The summed E-state index contributed by atoms with van der Waals surface area (Å²) in [5.41, 5.74) is -3.74. The van der Waals surface area contributed by atoms with Crippen molar-refractivity contribution in [2.45, 2.75) is 34.9 Å². The summed E-state index contributed by atoms with van der Waals surface area (Å²) in [6.45, 7) is 2.02. The van der Waals surface area contributed by atoms with E-state index < -0.39 is 28.5 Å². The molecule has 0 aliphatic heterocycles. The van der Waals surface area contributed by atoms with Crippen LogP contribution < -0.4 is 5.32 Å². The highest BCUT2D eigenvalue weighted by molar-refractivity contribution is 7.87. The molecule has 1 heterocycles. The number of benzene rings is 1. The van der Waals surface area contributed by atoms with Crippen molar-refractivity contribution in [2.24, 2.45) is 0 Å². The molecule has 2 rings (SSSR count). The van der Waals surface area contributed by atoms with Crippen LogP contribution in [0.4, 0.5) is 18.9 Å². The molecule has 136 valence electrons. The number of amides is 1. The summed E-state index contributed by atoms with van der Waals surface area (Å²) in [6.07, 6.45) is -5.15. The number of carbonyl (C=O) groups is 1. The number of anilines is 1. The lowest BCUT2D eigenvalue weighted by Gasteiger charge is -2.25. The van der Waals surface area contributed by atoms with Crippen molar-refractivity contribution in [2.75, 3.05) is 5.32 Å². The Morgan fingerprint density at radius 2 is 2.00 bits per heavy atom. The van der Waals surface area contributed by atoms with Gasteiger partial charge in [-0.3, -0.25) is 4.79 Å². The Bertz CT molecular complexity index is 839. The summed E-state index contributed by atoms with van der Waals surface area (Å²) < 4.78 is 50.5. The van der Waals surface area contributed by atoms with Gasteiger partial charge in [-0.2, -0.15) is 13.2 Å². The van der Waals surface area contributed by atoms with Gasteiger partial charge in [0.1, 0.15) is 15.8 Å². The van der Waals surface area contributed by atoms with Gasteiger partial charge in [0.05, 0.1) is 10.7 Å². The summed E-state index contributed by atoms with van der Waals surface area (Å²) in [5, 5.41) is 19.2. The Kier molecular flexibility index (Phi) is 5.52.